The van der Waals surface area contributed by atoms with E-state index in [-0.39, 0.29) is 18.5 Å². The molecule has 7 heteroatoms. The molecule has 2 atom stereocenters. The van der Waals surface area contributed by atoms with Crippen LogP contribution in [-0.4, -0.2) is 37.1 Å². The molecule has 0 bridgehead atoms. The van der Waals surface area contributed by atoms with Crippen molar-refractivity contribution in [3.05, 3.63) is 24.5 Å². The largest absolute Gasteiger partial charge is 0.351 e. The van der Waals surface area contributed by atoms with Crippen LogP contribution >= 0.6 is 0 Å². The maximum atomic E-state index is 12.1. The first kappa shape index (κ1) is 14.6. The maximum absolute atomic E-state index is 12.1. The van der Waals surface area contributed by atoms with Gasteiger partial charge in [0.15, 0.2) is 0 Å². The molecule has 2 aromatic heterocycles. The minimum atomic E-state index is -0.0612. The summed E-state index contributed by atoms with van der Waals surface area (Å²) in [6, 6.07) is 3.94. The van der Waals surface area contributed by atoms with Crippen LogP contribution in [0.25, 0.3) is 11.4 Å². The first-order valence-electron chi connectivity index (χ1n) is 7.70. The molecule has 0 unspecified atom stereocenters. The Morgan fingerprint density at radius 2 is 2.27 bits per heavy atom. The van der Waals surface area contributed by atoms with Gasteiger partial charge in [0.1, 0.15) is 6.54 Å². The molecule has 1 aliphatic rings. The molecule has 3 rings (SSSR count). The van der Waals surface area contributed by atoms with E-state index < -0.39 is 0 Å². The molecule has 7 nitrogen and oxygen atoms in total. The zero-order valence-electron chi connectivity index (χ0n) is 12.6. The molecule has 1 fully saturated rings. The Hall–Kier alpha value is -2.31. The van der Waals surface area contributed by atoms with Gasteiger partial charge in [-0.1, -0.05) is 19.8 Å². The quantitative estimate of drug-likeness (QED) is 0.923. The maximum Gasteiger partial charge on any atom is 0.243 e. The lowest BCUT2D eigenvalue weighted by Crippen LogP contribution is -2.42. The normalized spacial score (nSPS) is 21.5. The minimum absolute atomic E-state index is 0.0612. The minimum Gasteiger partial charge on any atom is -0.351 e. The number of hydrogen-bond donors (Lipinski definition) is 1. The molecule has 0 spiro atoms. The fourth-order valence-electron chi connectivity index (χ4n) is 2.83. The number of rotatable bonds is 4. The van der Waals surface area contributed by atoms with E-state index in [0.29, 0.717) is 11.7 Å². The Kier molecular flexibility index (Phi) is 4.41. The Bertz CT molecular complexity index is 626. The molecule has 1 saturated carbocycles. The molecule has 22 heavy (non-hydrogen) atoms. The lowest BCUT2D eigenvalue weighted by Gasteiger charge is -2.29. The standard InChI is InChI=1S/C15H20N6O/c1-11-5-2-3-7-13(11)17-14(22)10-21-19-15(18-20-21)12-6-4-8-16-9-12/h4,6,8-9,11,13H,2-3,5,7,10H2,1H3,(H,17,22)/t11-,13+/m0/s1. The summed E-state index contributed by atoms with van der Waals surface area (Å²) in [5.74, 6) is 0.952. The van der Waals surface area contributed by atoms with E-state index in [1.54, 1.807) is 12.4 Å². The van der Waals surface area contributed by atoms with E-state index in [9.17, 15) is 4.79 Å². The van der Waals surface area contributed by atoms with Gasteiger partial charge in [-0.3, -0.25) is 9.78 Å². The van der Waals surface area contributed by atoms with Crippen molar-refractivity contribution in [1.82, 2.24) is 30.5 Å². The second-order valence-corrected chi connectivity index (χ2v) is 5.82. The van der Waals surface area contributed by atoms with Crippen LogP contribution in [0, 0.1) is 5.92 Å². The van der Waals surface area contributed by atoms with Crippen molar-refractivity contribution in [2.75, 3.05) is 0 Å². The fourth-order valence-corrected chi connectivity index (χ4v) is 2.83. The third kappa shape index (κ3) is 3.47. The van der Waals surface area contributed by atoms with Crippen LogP contribution in [0.3, 0.4) is 0 Å². The second-order valence-electron chi connectivity index (χ2n) is 5.82. The molecule has 0 aromatic carbocycles. The van der Waals surface area contributed by atoms with Gasteiger partial charge in [0, 0.05) is 24.0 Å². The molecule has 1 aliphatic carbocycles. The van der Waals surface area contributed by atoms with Gasteiger partial charge in [0.25, 0.3) is 0 Å². The molecule has 0 saturated heterocycles. The number of hydrogen-bond acceptors (Lipinski definition) is 5. The fraction of sp³-hybridized carbons (Fsp3) is 0.533. The van der Waals surface area contributed by atoms with E-state index in [2.05, 4.69) is 32.6 Å². The predicted octanol–water partition coefficient (Wildman–Crippen LogP) is 1.43. The van der Waals surface area contributed by atoms with Crippen molar-refractivity contribution < 1.29 is 4.79 Å². The Morgan fingerprint density at radius 1 is 1.41 bits per heavy atom. The average Bonchev–Trinajstić information content (AvgIpc) is 2.99. The van der Waals surface area contributed by atoms with E-state index in [4.69, 9.17) is 0 Å². The van der Waals surface area contributed by atoms with Gasteiger partial charge in [-0.15, -0.1) is 10.2 Å². The van der Waals surface area contributed by atoms with Gasteiger partial charge in [0.05, 0.1) is 0 Å². The first-order valence-corrected chi connectivity index (χ1v) is 7.70. The molecule has 2 heterocycles. The zero-order valence-corrected chi connectivity index (χ0v) is 12.6. The number of tetrazole rings is 1. The van der Waals surface area contributed by atoms with E-state index >= 15 is 0 Å². The van der Waals surface area contributed by atoms with Gasteiger partial charge in [-0.2, -0.15) is 4.80 Å². The summed E-state index contributed by atoms with van der Waals surface area (Å²) >= 11 is 0. The van der Waals surface area contributed by atoms with Crippen LogP contribution in [-0.2, 0) is 11.3 Å². The highest BCUT2D eigenvalue weighted by Crippen LogP contribution is 2.23. The molecule has 116 valence electrons. The van der Waals surface area contributed by atoms with Crippen LogP contribution in [0.15, 0.2) is 24.5 Å². The third-order valence-electron chi connectivity index (χ3n) is 4.12. The van der Waals surface area contributed by atoms with Crippen LogP contribution in [0.1, 0.15) is 32.6 Å². The van der Waals surface area contributed by atoms with Crippen molar-refractivity contribution in [3.8, 4) is 11.4 Å². The number of nitrogens with one attached hydrogen (secondary N) is 1. The monoisotopic (exact) mass is 300 g/mol. The van der Waals surface area contributed by atoms with Gasteiger partial charge < -0.3 is 5.32 Å². The first-order chi connectivity index (χ1) is 10.7. The number of nitrogens with zero attached hydrogens (tertiary/aromatic N) is 5. The lowest BCUT2D eigenvalue weighted by molar-refractivity contribution is -0.123. The second kappa shape index (κ2) is 6.64. The van der Waals surface area contributed by atoms with E-state index in [0.717, 1.165) is 12.0 Å². The number of amides is 1. The summed E-state index contributed by atoms with van der Waals surface area (Å²) in [5.41, 5.74) is 0.787. The summed E-state index contributed by atoms with van der Waals surface area (Å²) in [5, 5.41) is 15.2. The van der Waals surface area contributed by atoms with Gasteiger partial charge in [-0.25, -0.2) is 0 Å². The Balaban J connectivity index is 1.59. The summed E-state index contributed by atoms with van der Waals surface area (Å²) in [6.07, 6.45) is 8.03. The average molecular weight is 300 g/mol. The number of pyridine rings is 1. The summed E-state index contributed by atoms with van der Waals surface area (Å²) in [6.45, 7) is 2.29. The lowest BCUT2D eigenvalue weighted by atomic mass is 9.86. The molecule has 1 amide bonds. The van der Waals surface area contributed by atoms with Crippen LogP contribution < -0.4 is 5.32 Å². The van der Waals surface area contributed by atoms with Gasteiger partial charge >= 0.3 is 0 Å². The van der Waals surface area contributed by atoms with Crippen LogP contribution in [0.4, 0.5) is 0 Å². The van der Waals surface area contributed by atoms with Crippen LogP contribution in [0.5, 0.6) is 0 Å². The highest BCUT2D eigenvalue weighted by atomic mass is 16.2. The summed E-state index contributed by atoms with van der Waals surface area (Å²) < 4.78 is 0. The summed E-state index contributed by atoms with van der Waals surface area (Å²) in [7, 11) is 0. The predicted molar refractivity (Wildman–Crippen MR) is 80.6 cm³/mol. The zero-order chi connectivity index (χ0) is 15.4. The highest BCUT2D eigenvalue weighted by Gasteiger charge is 2.23. The van der Waals surface area contributed by atoms with Crippen molar-refractivity contribution >= 4 is 5.91 Å². The molecular formula is C15H20N6O. The SMILES string of the molecule is C[C@H]1CCCC[C@H]1NC(=O)Cn1nnc(-c2cccnc2)n1. The smallest absolute Gasteiger partial charge is 0.243 e. The number of aromatic nitrogens is 5. The Morgan fingerprint density at radius 3 is 3.05 bits per heavy atom. The number of carbonyl (C=O) groups is 1. The van der Waals surface area contributed by atoms with Gasteiger partial charge in [-0.05, 0) is 36.1 Å². The van der Waals surface area contributed by atoms with Crippen molar-refractivity contribution in [1.29, 1.82) is 0 Å². The molecular weight excluding hydrogens is 280 g/mol. The third-order valence-corrected chi connectivity index (χ3v) is 4.12. The number of carbonyl (C=O) groups excluding carboxylic acids is 1. The van der Waals surface area contributed by atoms with Crippen molar-refractivity contribution in [3.63, 3.8) is 0 Å². The molecule has 0 radical (unpaired) electrons. The molecule has 1 N–H and O–H groups in total. The van der Waals surface area contributed by atoms with E-state index in [1.165, 1.54) is 24.1 Å². The van der Waals surface area contributed by atoms with Crippen molar-refractivity contribution in [2.45, 2.75) is 45.2 Å². The topological polar surface area (TPSA) is 85.6 Å². The summed E-state index contributed by atoms with van der Waals surface area (Å²) in [4.78, 5) is 17.5. The van der Waals surface area contributed by atoms with Crippen molar-refractivity contribution in [2.24, 2.45) is 5.92 Å². The van der Waals surface area contributed by atoms with Gasteiger partial charge in [0.2, 0.25) is 11.7 Å². The highest BCUT2D eigenvalue weighted by molar-refractivity contribution is 5.75. The Labute approximate surface area is 129 Å². The molecule has 2 aromatic rings. The van der Waals surface area contributed by atoms with Crippen LogP contribution in [0.2, 0.25) is 0 Å². The molecule has 0 aliphatic heterocycles. The van der Waals surface area contributed by atoms with E-state index in [1.807, 2.05) is 12.1 Å².